The Morgan fingerprint density at radius 2 is 2.27 bits per heavy atom. The van der Waals surface area contributed by atoms with Gasteiger partial charge in [-0.3, -0.25) is 0 Å². The van der Waals surface area contributed by atoms with E-state index in [-0.39, 0.29) is 0 Å². The molecule has 22 heavy (non-hydrogen) atoms. The Balaban J connectivity index is 1.55. The van der Waals surface area contributed by atoms with E-state index in [1.54, 1.807) is 15.9 Å². The summed E-state index contributed by atoms with van der Waals surface area (Å²) in [7, 11) is 0. The fourth-order valence-corrected chi connectivity index (χ4v) is 3.45. The van der Waals surface area contributed by atoms with Gasteiger partial charge in [0.2, 0.25) is 0 Å². The molecule has 1 N–H and O–H groups in total. The second-order valence-corrected chi connectivity index (χ2v) is 6.53. The first-order valence-corrected chi connectivity index (χ1v) is 8.04. The van der Waals surface area contributed by atoms with Crippen LogP contribution in [0.15, 0.2) is 11.7 Å². The minimum atomic E-state index is -4.36. The molecule has 0 spiro atoms. The van der Waals surface area contributed by atoms with Crippen molar-refractivity contribution in [2.24, 2.45) is 5.92 Å². The maximum Gasteiger partial charge on any atom is 0.434 e. The number of imidazole rings is 1. The van der Waals surface area contributed by atoms with Crippen molar-refractivity contribution in [1.29, 1.82) is 0 Å². The Kier molecular flexibility index (Phi) is 4.22. The van der Waals surface area contributed by atoms with E-state index >= 15 is 0 Å². The number of hydrogen-bond acceptors (Lipinski definition) is 4. The molecule has 0 radical (unpaired) electrons. The Morgan fingerprint density at radius 1 is 1.45 bits per heavy atom. The fraction of sp³-hybridized carbons (Fsp3) is 0.571. The zero-order chi connectivity index (χ0) is 15.7. The zero-order valence-corrected chi connectivity index (χ0v) is 13.0. The third-order valence-corrected chi connectivity index (χ3v) is 4.88. The maximum absolute atomic E-state index is 12.7. The number of nitrogens with one attached hydrogen (secondary N) is 1. The van der Waals surface area contributed by atoms with E-state index in [1.807, 2.05) is 12.4 Å². The standard InChI is InChI=1S/C14H17F3N4S/c1-9-11(22-8-19-9)5-18-4-10-2-3-13-20-12(14(15,16)17)7-21(13)6-10/h7-8,10,18H,2-6H2,1H3. The maximum atomic E-state index is 12.7. The van der Waals surface area contributed by atoms with Gasteiger partial charge in [-0.05, 0) is 19.3 Å². The first-order valence-electron chi connectivity index (χ1n) is 7.16. The van der Waals surface area contributed by atoms with Crippen LogP contribution >= 0.6 is 11.3 Å². The van der Waals surface area contributed by atoms with E-state index in [0.717, 1.165) is 31.4 Å². The molecule has 2 aromatic heterocycles. The lowest BCUT2D eigenvalue weighted by atomic mass is 9.99. The van der Waals surface area contributed by atoms with Crippen LogP contribution in [0, 0.1) is 12.8 Å². The molecule has 120 valence electrons. The summed E-state index contributed by atoms with van der Waals surface area (Å²) in [6.45, 7) is 4.12. The molecule has 4 nitrogen and oxygen atoms in total. The number of hydrogen-bond donors (Lipinski definition) is 1. The van der Waals surface area contributed by atoms with Crippen LogP contribution in [-0.4, -0.2) is 21.1 Å². The van der Waals surface area contributed by atoms with Gasteiger partial charge in [-0.2, -0.15) is 13.2 Å². The summed E-state index contributed by atoms with van der Waals surface area (Å²) in [5.41, 5.74) is 2.08. The van der Waals surface area contributed by atoms with E-state index in [0.29, 0.717) is 24.7 Å². The molecule has 0 saturated heterocycles. The topological polar surface area (TPSA) is 42.7 Å². The summed E-state index contributed by atoms with van der Waals surface area (Å²) in [5, 5.41) is 3.38. The number of rotatable bonds is 4. The van der Waals surface area contributed by atoms with Crippen LogP contribution < -0.4 is 5.32 Å². The lowest BCUT2D eigenvalue weighted by Crippen LogP contribution is -2.29. The molecule has 1 atom stereocenters. The molecule has 0 saturated carbocycles. The lowest BCUT2D eigenvalue weighted by Gasteiger charge is -2.23. The Hall–Kier alpha value is -1.41. The predicted octanol–water partition coefficient (Wildman–Crippen LogP) is 3.02. The molecule has 1 unspecified atom stereocenters. The second kappa shape index (κ2) is 6.00. The van der Waals surface area contributed by atoms with Crippen molar-refractivity contribution in [3.05, 3.63) is 33.8 Å². The van der Waals surface area contributed by atoms with Gasteiger partial charge in [0.05, 0.1) is 11.2 Å². The first kappa shape index (κ1) is 15.5. The average Bonchev–Trinajstić information content (AvgIpc) is 3.04. The molecule has 2 aromatic rings. The van der Waals surface area contributed by atoms with Gasteiger partial charge in [0.25, 0.3) is 0 Å². The molecule has 0 amide bonds. The summed E-state index contributed by atoms with van der Waals surface area (Å²) in [4.78, 5) is 9.10. The van der Waals surface area contributed by atoms with Gasteiger partial charge in [0, 0.05) is 37.1 Å². The molecule has 0 aromatic carbocycles. The van der Waals surface area contributed by atoms with Crippen LogP contribution in [0.25, 0.3) is 0 Å². The summed E-state index contributed by atoms with van der Waals surface area (Å²) in [5.74, 6) is 0.873. The molecule has 0 aliphatic carbocycles. The van der Waals surface area contributed by atoms with Gasteiger partial charge in [-0.15, -0.1) is 11.3 Å². The highest BCUT2D eigenvalue weighted by atomic mass is 32.1. The number of fused-ring (bicyclic) bond motifs is 1. The predicted molar refractivity (Wildman–Crippen MR) is 77.6 cm³/mol. The SMILES string of the molecule is Cc1ncsc1CNCC1CCc2nc(C(F)(F)F)cn2C1. The van der Waals surface area contributed by atoms with E-state index in [2.05, 4.69) is 15.3 Å². The van der Waals surface area contributed by atoms with Crippen molar-refractivity contribution in [2.75, 3.05) is 6.54 Å². The molecule has 3 rings (SSSR count). The molecule has 1 aliphatic heterocycles. The second-order valence-electron chi connectivity index (χ2n) is 5.59. The monoisotopic (exact) mass is 330 g/mol. The average molecular weight is 330 g/mol. The van der Waals surface area contributed by atoms with Gasteiger partial charge in [0.1, 0.15) is 5.82 Å². The van der Waals surface area contributed by atoms with Crippen molar-refractivity contribution < 1.29 is 13.2 Å². The smallest absolute Gasteiger partial charge is 0.334 e. The van der Waals surface area contributed by atoms with Gasteiger partial charge in [-0.1, -0.05) is 0 Å². The molecule has 0 bridgehead atoms. The van der Waals surface area contributed by atoms with Crippen molar-refractivity contribution in [1.82, 2.24) is 19.9 Å². The van der Waals surface area contributed by atoms with Crippen molar-refractivity contribution >= 4 is 11.3 Å². The summed E-state index contributed by atoms with van der Waals surface area (Å²) < 4.78 is 39.7. The number of halogens is 3. The van der Waals surface area contributed by atoms with Crippen LogP contribution in [0.1, 0.15) is 28.5 Å². The van der Waals surface area contributed by atoms with Crippen LogP contribution in [-0.2, 0) is 25.7 Å². The molecule has 8 heteroatoms. The van der Waals surface area contributed by atoms with Gasteiger partial charge >= 0.3 is 6.18 Å². The van der Waals surface area contributed by atoms with Gasteiger partial charge in [-0.25, -0.2) is 9.97 Å². The summed E-state index contributed by atoms with van der Waals surface area (Å²) in [6.07, 6.45) is -1.76. The van der Waals surface area contributed by atoms with E-state index in [4.69, 9.17) is 0 Å². The third kappa shape index (κ3) is 3.33. The quantitative estimate of drug-likeness (QED) is 0.937. The Bertz CT molecular complexity index is 647. The third-order valence-electron chi connectivity index (χ3n) is 3.94. The van der Waals surface area contributed by atoms with Gasteiger partial charge < -0.3 is 9.88 Å². The van der Waals surface area contributed by atoms with Crippen LogP contribution in [0.4, 0.5) is 13.2 Å². The minimum absolute atomic E-state index is 0.330. The van der Waals surface area contributed by atoms with Crippen molar-refractivity contribution in [3.63, 3.8) is 0 Å². The van der Waals surface area contributed by atoms with Crippen molar-refractivity contribution in [2.45, 2.75) is 39.0 Å². The van der Waals surface area contributed by atoms with Crippen LogP contribution in [0.2, 0.25) is 0 Å². The highest BCUT2D eigenvalue weighted by Gasteiger charge is 2.35. The molecular formula is C14H17F3N4S. The number of alkyl halides is 3. The highest BCUT2D eigenvalue weighted by Crippen LogP contribution is 2.30. The Morgan fingerprint density at radius 3 is 2.95 bits per heavy atom. The van der Waals surface area contributed by atoms with Crippen LogP contribution in [0.3, 0.4) is 0 Å². The number of thiazole rings is 1. The van der Waals surface area contributed by atoms with Crippen LogP contribution in [0.5, 0.6) is 0 Å². The first-order chi connectivity index (χ1) is 10.4. The summed E-state index contributed by atoms with van der Waals surface area (Å²) >= 11 is 1.62. The molecular weight excluding hydrogens is 313 g/mol. The minimum Gasteiger partial charge on any atom is -0.334 e. The van der Waals surface area contributed by atoms with Gasteiger partial charge in [0.15, 0.2) is 5.69 Å². The largest absolute Gasteiger partial charge is 0.434 e. The van der Waals surface area contributed by atoms with E-state index < -0.39 is 11.9 Å². The van der Waals surface area contributed by atoms with E-state index in [9.17, 15) is 13.2 Å². The number of aryl methyl sites for hydroxylation is 2. The number of nitrogens with zero attached hydrogens (tertiary/aromatic N) is 3. The fourth-order valence-electron chi connectivity index (χ4n) is 2.70. The summed E-state index contributed by atoms with van der Waals surface area (Å²) in [6, 6.07) is 0. The Labute approximate surface area is 130 Å². The molecule has 0 fully saturated rings. The lowest BCUT2D eigenvalue weighted by molar-refractivity contribution is -0.141. The normalized spacial score (nSPS) is 18.5. The van der Waals surface area contributed by atoms with E-state index in [1.165, 1.54) is 4.88 Å². The van der Waals surface area contributed by atoms with Crippen molar-refractivity contribution in [3.8, 4) is 0 Å². The zero-order valence-electron chi connectivity index (χ0n) is 12.2. The molecule has 1 aliphatic rings. The highest BCUT2D eigenvalue weighted by molar-refractivity contribution is 7.09. The molecule has 3 heterocycles. The number of aromatic nitrogens is 3.